The SMILES string of the molecule is CCCC(=O)Nc1ccc(CNC(=O)CSC(C)c2nc3ccccc3[nH]2)cc1. The number of rotatable bonds is 9. The Morgan fingerprint density at radius 3 is 2.59 bits per heavy atom. The molecular weight excluding hydrogens is 384 g/mol. The molecule has 6 nitrogen and oxygen atoms in total. The number of imidazole rings is 1. The van der Waals surface area contributed by atoms with Crippen LogP contribution in [0.2, 0.25) is 0 Å². The first-order valence-corrected chi connectivity index (χ1v) is 10.8. The van der Waals surface area contributed by atoms with Crippen LogP contribution in [0.3, 0.4) is 0 Å². The molecule has 0 radical (unpaired) electrons. The van der Waals surface area contributed by atoms with Crippen LogP contribution in [0.1, 0.15) is 43.3 Å². The minimum absolute atomic E-state index is 0.0155. The Labute approximate surface area is 174 Å². The minimum Gasteiger partial charge on any atom is -0.351 e. The van der Waals surface area contributed by atoms with Crippen LogP contribution in [-0.2, 0) is 16.1 Å². The summed E-state index contributed by atoms with van der Waals surface area (Å²) in [6.07, 6.45) is 1.34. The van der Waals surface area contributed by atoms with E-state index in [0.717, 1.165) is 34.5 Å². The molecule has 0 aliphatic rings. The number of H-pyrrole nitrogens is 1. The van der Waals surface area contributed by atoms with Crippen LogP contribution in [0.15, 0.2) is 48.5 Å². The lowest BCUT2D eigenvalue weighted by atomic mass is 10.2. The number of carbonyl (C=O) groups is 2. The van der Waals surface area contributed by atoms with E-state index in [9.17, 15) is 9.59 Å². The van der Waals surface area contributed by atoms with Crippen LogP contribution in [0.25, 0.3) is 11.0 Å². The molecule has 0 bridgehead atoms. The van der Waals surface area contributed by atoms with Gasteiger partial charge in [0.25, 0.3) is 0 Å². The van der Waals surface area contributed by atoms with Crippen LogP contribution in [0.4, 0.5) is 5.69 Å². The van der Waals surface area contributed by atoms with Crippen molar-refractivity contribution in [3.63, 3.8) is 0 Å². The standard InChI is InChI=1S/C22H26N4O2S/c1-3-6-20(27)24-17-11-9-16(10-12-17)13-23-21(28)14-29-15(2)22-25-18-7-4-5-8-19(18)26-22/h4-5,7-12,15H,3,6,13-14H2,1-2H3,(H,23,28)(H,24,27)(H,25,26). The first-order chi connectivity index (χ1) is 14.0. The summed E-state index contributed by atoms with van der Waals surface area (Å²) in [5.41, 5.74) is 3.71. The van der Waals surface area contributed by atoms with E-state index in [0.29, 0.717) is 18.7 Å². The Balaban J connectivity index is 1.43. The zero-order valence-electron chi connectivity index (χ0n) is 16.7. The number of aromatic amines is 1. The number of hydrogen-bond acceptors (Lipinski definition) is 4. The van der Waals surface area contributed by atoms with Gasteiger partial charge in [-0.1, -0.05) is 31.2 Å². The van der Waals surface area contributed by atoms with Crippen LogP contribution < -0.4 is 10.6 Å². The molecule has 2 amide bonds. The minimum atomic E-state index is -0.0155. The van der Waals surface area contributed by atoms with Gasteiger partial charge < -0.3 is 15.6 Å². The van der Waals surface area contributed by atoms with Crippen molar-refractivity contribution < 1.29 is 9.59 Å². The Hall–Kier alpha value is -2.80. The monoisotopic (exact) mass is 410 g/mol. The number of para-hydroxylation sites is 2. The van der Waals surface area contributed by atoms with E-state index in [1.807, 2.05) is 62.4 Å². The van der Waals surface area contributed by atoms with Gasteiger partial charge in [-0.25, -0.2) is 4.98 Å². The molecule has 1 atom stereocenters. The molecule has 152 valence electrons. The van der Waals surface area contributed by atoms with E-state index >= 15 is 0 Å². The fraction of sp³-hybridized carbons (Fsp3) is 0.318. The Morgan fingerprint density at radius 2 is 1.86 bits per heavy atom. The van der Waals surface area contributed by atoms with Gasteiger partial charge in [0.2, 0.25) is 11.8 Å². The number of carbonyl (C=O) groups excluding carboxylic acids is 2. The maximum Gasteiger partial charge on any atom is 0.230 e. The molecule has 7 heteroatoms. The summed E-state index contributed by atoms with van der Waals surface area (Å²) in [5, 5.41) is 5.89. The molecule has 1 heterocycles. The number of benzene rings is 2. The fourth-order valence-electron chi connectivity index (χ4n) is 2.85. The normalized spacial score (nSPS) is 11.9. The zero-order valence-corrected chi connectivity index (χ0v) is 17.5. The lowest BCUT2D eigenvalue weighted by Gasteiger charge is -2.10. The molecule has 29 heavy (non-hydrogen) atoms. The van der Waals surface area contributed by atoms with E-state index in [-0.39, 0.29) is 17.1 Å². The van der Waals surface area contributed by atoms with Crippen LogP contribution in [-0.4, -0.2) is 27.5 Å². The van der Waals surface area contributed by atoms with Crippen molar-refractivity contribution in [3.05, 3.63) is 59.9 Å². The van der Waals surface area contributed by atoms with Crippen molar-refractivity contribution in [3.8, 4) is 0 Å². The highest BCUT2D eigenvalue weighted by molar-refractivity contribution is 8.00. The van der Waals surface area contributed by atoms with Gasteiger partial charge in [0, 0.05) is 18.7 Å². The van der Waals surface area contributed by atoms with Gasteiger partial charge in [0.05, 0.1) is 22.0 Å². The predicted octanol–water partition coefficient (Wildman–Crippen LogP) is 4.41. The molecular formula is C22H26N4O2S. The highest BCUT2D eigenvalue weighted by Gasteiger charge is 2.13. The second-order valence-electron chi connectivity index (χ2n) is 6.86. The number of anilines is 1. The van der Waals surface area contributed by atoms with Crippen molar-refractivity contribution in [2.24, 2.45) is 0 Å². The second-order valence-corrected chi connectivity index (χ2v) is 8.19. The molecule has 0 aliphatic heterocycles. The Bertz CT molecular complexity index is 935. The number of fused-ring (bicyclic) bond motifs is 1. The summed E-state index contributed by atoms with van der Waals surface area (Å²) in [4.78, 5) is 31.7. The van der Waals surface area contributed by atoms with E-state index in [4.69, 9.17) is 0 Å². The van der Waals surface area contributed by atoms with Gasteiger partial charge in [-0.15, -0.1) is 11.8 Å². The fourth-order valence-corrected chi connectivity index (χ4v) is 3.63. The molecule has 1 aromatic heterocycles. The molecule has 3 N–H and O–H groups in total. The van der Waals surface area contributed by atoms with Crippen molar-refractivity contribution >= 4 is 40.3 Å². The van der Waals surface area contributed by atoms with Crippen LogP contribution >= 0.6 is 11.8 Å². The topological polar surface area (TPSA) is 86.9 Å². The highest BCUT2D eigenvalue weighted by atomic mass is 32.2. The number of hydrogen-bond donors (Lipinski definition) is 3. The van der Waals surface area contributed by atoms with Gasteiger partial charge >= 0.3 is 0 Å². The van der Waals surface area contributed by atoms with Crippen molar-refractivity contribution in [1.82, 2.24) is 15.3 Å². The molecule has 0 saturated carbocycles. The maximum absolute atomic E-state index is 12.2. The first-order valence-electron chi connectivity index (χ1n) is 9.77. The van der Waals surface area contributed by atoms with Crippen LogP contribution in [0.5, 0.6) is 0 Å². The summed E-state index contributed by atoms with van der Waals surface area (Å²) in [6.45, 7) is 4.48. The summed E-state index contributed by atoms with van der Waals surface area (Å²) >= 11 is 1.55. The third kappa shape index (κ3) is 6.09. The smallest absolute Gasteiger partial charge is 0.230 e. The lowest BCUT2D eigenvalue weighted by molar-refractivity contribution is -0.118. The third-order valence-corrected chi connectivity index (χ3v) is 5.61. The number of aromatic nitrogens is 2. The molecule has 0 fully saturated rings. The van der Waals surface area contributed by atoms with E-state index in [2.05, 4.69) is 20.6 Å². The molecule has 1 unspecified atom stereocenters. The molecule has 3 aromatic rings. The zero-order chi connectivity index (χ0) is 20.6. The Morgan fingerprint density at radius 1 is 1.10 bits per heavy atom. The third-order valence-electron chi connectivity index (χ3n) is 4.46. The van der Waals surface area contributed by atoms with Gasteiger partial charge in [-0.3, -0.25) is 9.59 Å². The van der Waals surface area contributed by atoms with Crippen molar-refractivity contribution in [2.75, 3.05) is 11.1 Å². The van der Waals surface area contributed by atoms with Gasteiger partial charge in [-0.2, -0.15) is 0 Å². The van der Waals surface area contributed by atoms with Gasteiger partial charge in [0.1, 0.15) is 5.82 Å². The van der Waals surface area contributed by atoms with Gasteiger partial charge in [0.15, 0.2) is 0 Å². The first kappa shape index (κ1) is 20.9. The summed E-state index contributed by atoms with van der Waals surface area (Å²) < 4.78 is 0. The number of nitrogens with zero attached hydrogens (tertiary/aromatic N) is 1. The summed E-state index contributed by atoms with van der Waals surface area (Å²) in [7, 11) is 0. The summed E-state index contributed by atoms with van der Waals surface area (Å²) in [6, 6.07) is 15.4. The molecule has 0 spiro atoms. The number of amides is 2. The van der Waals surface area contributed by atoms with E-state index in [1.54, 1.807) is 11.8 Å². The highest BCUT2D eigenvalue weighted by Crippen LogP contribution is 2.27. The number of nitrogens with one attached hydrogen (secondary N) is 3. The average Bonchev–Trinajstić information content (AvgIpc) is 3.16. The van der Waals surface area contributed by atoms with E-state index < -0.39 is 0 Å². The largest absolute Gasteiger partial charge is 0.351 e. The molecule has 3 rings (SSSR count). The average molecular weight is 411 g/mol. The quantitative estimate of drug-likeness (QED) is 0.488. The molecule has 0 aliphatic carbocycles. The molecule has 2 aromatic carbocycles. The number of thioether (sulfide) groups is 1. The van der Waals surface area contributed by atoms with E-state index in [1.165, 1.54) is 0 Å². The lowest BCUT2D eigenvalue weighted by Crippen LogP contribution is -2.24. The summed E-state index contributed by atoms with van der Waals surface area (Å²) in [5.74, 6) is 1.25. The predicted molar refractivity (Wildman–Crippen MR) is 119 cm³/mol. The Kier molecular flexibility index (Phi) is 7.30. The van der Waals surface area contributed by atoms with Gasteiger partial charge in [-0.05, 0) is 43.2 Å². The van der Waals surface area contributed by atoms with Crippen molar-refractivity contribution in [1.29, 1.82) is 0 Å². The van der Waals surface area contributed by atoms with Crippen molar-refractivity contribution in [2.45, 2.75) is 38.5 Å². The second kappa shape index (κ2) is 10.1. The van der Waals surface area contributed by atoms with Crippen LogP contribution in [0, 0.1) is 0 Å². The molecule has 0 saturated heterocycles. The maximum atomic E-state index is 12.2.